The van der Waals surface area contributed by atoms with Crippen molar-refractivity contribution in [3.05, 3.63) is 23.3 Å². The number of nitrogen functional groups attached to an aromatic ring is 2. The minimum atomic E-state index is 0.426. The molecule has 4 nitrogen and oxygen atoms in total. The van der Waals surface area contributed by atoms with E-state index in [1.165, 1.54) is 0 Å². The first-order valence-corrected chi connectivity index (χ1v) is 4.34. The number of nitrogens with two attached hydrogens (primary N) is 2. The van der Waals surface area contributed by atoms with Gasteiger partial charge in [0.05, 0.1) is 13.2 Å². The predicted molar refractivity (Wildman–Crippen MR) is 56.7 cm³/mol. The molecule has 0 aromatic heterocycles. The average molecular weight is 196 g/mol. The van der Waals surface area contributed by atoms with Gasteiger partial charge in [-0.25, -0.2) is 0 Å². The zero-order valence-corrected chi connectivity index (χ0v) is 8.54. The van der Waals surface area contributed by atoms with Gasteiger partial charge in [0.2, 0.25) is 0 Å². The predicted octanol–water partition coefficient (Wildman–Crippen LogP) is 1.14. The zero-order chi connectivity index (χ0) is 10.6. The molecule has 0 atom stereocenters. The van der Waals surface area contributed by atoms with Crippen LogP contribution in [0.2, 0.25) is 0 Å². The monoisotopic (exact) mass is 196 g/mol. The molecule has 0 aliphatic rings. The zero-order valence-electron chi connectivity index (χ0n) is 8.54. The van der Waals surface area contributed by atoms with Crippen LogP contribution in [0.1, 0.15) is 11.1 Å². The molecule has 78 valence electrons. The standard InChI is InChI=1S/C10H16N2O2/c1-13-5-7-3-4-9(11)8(6-14-2)10(7)12/h3-4H,5-6,11-12H2,1-2H3. The van der Waals surface area contributed by atoms with Crippen molar-refractivity contribution >= 4 is 11.4 Å². The Hall–Kier alpha value is -1.26. The van der Waals surface area contributed by atoms with Crippen molar-refractivity contribution in [3.63, 3.8) is 0 Å². The third-order valence-corrected chi connectivity index (χ3v) is 2.07. The number of benzene rings is 1. The van der Waals surface area contributed by atoms with Gasteiger partial charge in [-0.1, -0.05) is 6.07 Å². The molecule has 4 N–H and O–H groups in total. The van der Waals surface area contributed by atoms with Crippen LogP contribution in [-0.4, -0.2) is 14.2 Å². The van der Waals surface area contributed by atoms with E-state index >= 15 is 0 Å². The van der Waals surface area contributed by atoms with Crippen LogP contribution < -0.4 is 11.5 Å². The Labute approximate surface area is 83.8 Å². The van der Waals surface area contributed by atoms with E-state index in [1.54, 1.807) is 14.2 Å². The third kappa shape index (κ3) is 2.16. The first-order valence-electron chi connectivity index (χ1n) is 4.34. The van der Waals surface area contributed by atoms with Crippen LogP contribution in [0.25, 0.3) is 0 Å². The maximum atomic E-state index is 5.92. The lowest BCUT2D eigenvalue weighted by atomic mass is 10.1. The topological polar surface area (TPSA) is 70.5 Å². The van der Waals surface area contributed by atoms with Crippen molar-refractivity contribution in [3.8, 4) is 0 Å². The maximum absolute atomic E-state index is 5.92. The molecule has 0 radical (unpaired) electrons. The van der Waals surface area contributed by atoms with Crippen LogP contribution in [0.5, 0.6) is 0 Å². The lowest BCUT2D eigenvalue weighted by Gasteiger charge is -2.12. The second-order valence-corrected chi connectivity index (χ2v) is 3.07. The largest absolute Gasteiger partial charge is 0.398 e. The van der Waals surface area contributed by atoms with Gasteiger partial charge in [-0.15, -0.1) is 0 Å². The van der Waals surface area contributed by atoms with E-state index in [9.17, 15) is 0 Å². The fraction of sp³-hybridized carbons (Fsp3) is 0.400. The van der Waals surface area contributed by atoms with Crippen LogP contribution in [0.15, 0.2) is 12.1 Å². The van der Waals surface area contributed by atoms with Gasteiger partial charge < -0.3 is 20.9 Å². The quantitative estimate of drug-likeness (QED) is 0.708. The van der Waals surface area contributed by atoms with Gasteiger partial charge in [-0.3, -0.25) is 0 Å². The summed E-state index contributed by atoms with van der Waals surface area (Å²) in [4.78, 5) is 0. The summed E-state index contributed by atoms with van der Waals surface area (Å²) in [6, 6.07) is 3.69. The Morgan fingerprint density at radius 3 is 2.29 bits per heavy atom. The van der Waals surface area contributed by atoms with E-state index in [4.69, 9.17) is 20.9 Å². The van der Waals surface area contributed by atoms with Crippen LogP contribution >= 0.6 is 0 Å². The molecule has 14 heavy (non-hydrogen) atoms. The molecule has 1 aromatic rings. The van der Waals surface area contributed by atoms with Crippen molar-refractivity contribution in [2.45, 2.75) is 13.2 Å². The third-order valence-electron chi connectivity index (χ3n) is 2.07. The highest BCUT2D eigenvalue weighted by Gasteiger charge is 2.08. The molecule has 0 aliphatic carbocycles. The molecule has 0 bridgehead atoms. The molecule has 0 saturated heterocycles. The van der Waals surface area contributed by atoms with Crippen molar-refractivity contribution in [1.29, 1.82) is 0 Å². The van der Waals surface area contributed by atoms with E-state index in [1.807, 2.05) is 12.1 Å². The van der Waals surface area contributed by atoms with Crippen molar-refractivity contribution in [1.82, 2.24) is 0 Å². The second-order valence-electron chi connectivity index (χ2n) is 3.07. The van der Waals surface area contributed by atoms with Crippen LogP contribution in [0.4, 0.5) is 11.4 Å². The Morgan fingerprint density at radius 1 is 1.07 bits per heavy atom. The number of rotatable bonds is 4. The first kappa shape index (κ1) is 10.8. The smallest absolute Gasteiger partial charge is 0.0753 e. The Balaban J connectivity index is 3.05. The molecule has 0 aliphatic heterocycles. The summed E-state index contributed by atoms with van der Waals surface area (Å²) in [7, 11) is 3.24. The normalized spacial score (nSPS) is 10.4. The highest BCUT2D eigenvalue weighted by molar-refractivity contribution is 5.65. The Kier molecular flexibility index (Phi) is 3.73. The van der Waals surface area contributed by atoms with Crippen molar-refractivity contribution < 1.29 is 9.47 Å². The molecule has 4 heteroatoms. The minimum Gasteiger partial charge on any atom is -0.398 e. The Morgan fingerprint density at radius 2 is 1.71 bits per heavy atom. The highest BCUT2D eigenvalue weighted by Crippen LogP contribution is 2.24. The number of methoxy groups -OCH3 is 2. The van der Waals surface area contributed by atoms with Gasteiger partial charge in [0.1, 0.15) is 0 Å². The lowest BCUT2D eigenvalue weighted by Crippen LogP contribution is -2.05. The molecule has 1 aromatic carbocycles. The number of hydrogen-bond acceptors (Lipinski definition) is 4. The first-order chi connectivity index (χ1) is 6.70. The summed E-state index contributed by atoms with van der Waals surface area (Å²) in [5.74, 6) is 0. The maximum Gasteiger partial charge on any atom is 0.0753 e. The van der Waals surface area contributed by atoms with Crippen LogP contribution in [0, 0.1) is 0 Å². The summed E-state index contributed by atoms with van der Waals surface area (Å²) in [5.41, 5.74) is 14.8. The van der Waals surface area contributed by atoms with E-state index in [-0.39, 0.29) is 0 Å². The average Bonchev–Trinajstić information content (AvgIpc) is 2.17. The van der Waals surface area contributed by atoms with Gasteiger partial charge in [-0.2, -0.15) is 0 Å². The SMILES string of the molecule is COCc1ccc(N)c(COC)c1N. The van der Waals surface area contributed by atoms with Crippen molar-refractivity contribution in [2.75, 3.05) is 25.7 Å². The molecular weight excluding hydrogens is 180 g/mol. The summed E-state index contributed by atoms with van der Waals surface area (Å²) in [6.45, 7) is 0.915. The fourth-order valence-electron chi connectivity index (χ4n) is 1.32. The minimum absolute atomic E-state index is 0.426. The molecule has 0 amide bonds. The van der Waals surface area contributed by atoms with E-state index in [2.05, 4.69) is 0 Å². The van der Waals surface area contributed by atoms with Gasteiger partial charge in [-0.05, 0) is 6.07 Å². The van der Waals surface area contributed by atoms with Gasteiger partial charge >= 0.3 is 0 Å². The summed E-state index contributed by atoms with van der Waals surface area (Å²) < 4.78 is 10.0. The highest BCUT2D eigenvalue weighted by atomic mass is 16.5. The molecule has 0 spiro atoms. The molecular formula is C10H16N2O2. The summed E-state index contributed by atoms with van der Waals surface area (Å²) in [5, 5.41) is 0. The van der Waals surface area contributed by atoms with Crippen molar-refractivity contribution in [2.24, 2.45) is 0 Å². The van der Waals surface area contributed by atoms with E-state index < -0.39 is 0 Å². The van der Waals surface area contributed by atoms with Crippen LogP contribution in [0.3, 0.4) is 0 Å². The molecule has 0 fully saturated rings. The summed E-state index contributed by atoms with van der Waals surface area (Å²) >= 11 is 0. The molecule has 0 unspecified atom stereocenters. The number of hydrogen-bond donors (Lipinski definition) is 2. The summed E-state index contributed by atoms with van der Waals surface area (Å²) in [6.07, 6.45) is 0. The van der Waals surface area contributed by atoms with Crippen LogP contribution in [-0.2, 0) is 22.7 Å². The van der Waals surface area contributed by atoms with Gasteiger partial charge in [0, 0.05) is 36.7 Å². The second kappa shape index (κ2) is 4.83. The van der Waals surface area contributed by atoms with Gasteiger partial charge in [0.25, 0.3) is 0 Å². The molecule has 1 rings (SSSR count). The number of anilines is 2. The molecule has 0 heterocycles. The Bertz CT molecular complexity index is 313. The van der Waals surface area contributed by atoms with E-state index in [0.29, 0.717) is 24.6 Å². The fourth-order valence-corrected chi connectivity index (χ4v) is 1.32. The number of ether oxygens (including phenoxy) is 2. The lowest BCUT2D eigenvalue weighted by molar-refractivity contribution is 0.181. The van der Waals surface area contributed by atoms with E-state index in [0.717, 1.165) is 11.1 Å². The van der Waals surface area contributed by atoms with Gasteiger partial charge in [0.15, 0.2) is 0 Å². The molecule has 0 saturated carbocycles.